The molecule has 2 aromatic carbocycles. The van der Waals surface area contributed by atoms with Gasteiger partial charge in [0.15, 0.2) is 5.82 Å². The van der Waals surface area contributed by atoms with Crippen molar-refractivity contribution in [1.82, 2.24) is 9.97 Å². The van der Waals surface area contributed by atoms with Crippen LogP contribution in [-0.4, -0.2) is 29.2 Å². The number of phenols is 1. The van der Waals surface area contributed by atoms with E-state index in [9.17, 15) is 5.11 Å². The second-order valence-corrected chi connectivity index (χ2v) is 5.13. The number of phenolic OH excluding ortho intramolecular Hbond substituents is 1. The van der Waals surface area contributed by atoms with Gasteiger partial charge in [-0.15, -0.1) is 0 Å². The Hall–Kier alpha value is -3.13. The Morgan fingerprint density at radius 1 is 1.09 bits per heavy atom. The fourth-order valence-corrected chi connectivity index (χ4v) is 2.31. The first-order chi connectivity index (χ1) is 10.6. The molecule has 5 heteroatoms. The lowest BCUT2D eigenvalue weighted by Crippen LogP contribution is -2.12. The van der Waals surface area contributed by atoms with E-state index in [0.29, 0.717) is 22.8 Å². The molecule has 0 amide bonds. The lowest BCUT2D eigenvalue weighted by atomic mass is 10.1. The summed E-state index contributed by atoms with van der Waals surface area (Å²) in [6, 6.07) is 14.4. The van der Waals surface area contributed by atoms with Crippen LogP contribution in [0.3, 0.4) is 0 Å². The fourth-order valence-electron chi connectivity index (χ4n) is 2.31. The molecule has 1 heterocycles. The van der Waals surface area contributed by atoms with Gasteiger partial charge in [-0.05, 0) is 30.3 Å². The van der Waals surface area contributed by atoms with Crippen molar-refractivity contribution in [2.24, 2.45) is 0 Å². The highest BCUT2D eigenvalue weighted by Crippen LogP contribution is 2.31. The lowest BCUT2D eigenvalue weighted by molar-refractivity contribution is 0.477. The van der Waals surface area contributed by atoms with Crippen LogP contribution < -0.4 is 4.90 Å². The Bertz CT molecular complexity index is 897. The summed E-state index contributed by atoms with van der Waals surface area (Å²) in [5.74, 6) is 1.31. The monoisotopic (exact) mass is 290 g/mol. The maximum atomic E-state index is 10.0. The minimum atomic E-state index is 0.139. The number of para-hydroxylation sites is 1. The molecule has 0 aliphatic heterocycles. The number of aromatic nitrogens is 2. The van der Waals surface area contributed by atoms with Gasteiger partial charge in [0.05, 0.1) is 22.7 Å². The van der Waals surface area contributed by atoms with Crippen LogP contribution in [0, 0.1) is 11.3 Å². The highest BCUT2D eigenvalue weighted by atomic mass is 16.3. The molecule has 3 rings (SSSR count). The number of nitriles is 1. The van der Waals surface area contributed by atoms with Gasteiger partial charge in [0.1, 0.15) is 11.6 Å². The number of anilines is 1. The van der Waals surface area contributed by atoms with Crippen molar-refractivity contribution in [2.45, 2.75) is 0 Å². The normalized spacial score (nSPS) is 10.4. The zero-order valence-electron chi connectivity index (χ0n) is 12.3. The summed E-state index contributed by atoms with van der Waals surface area (Å²) >= 11 is 0. The standard InChI is InChI=1S/C17H14N4O/c1-21(2)17-13-9-11(10-18)7-8-14(13)19-16(20-17)12-5-3-4-6-15(12)22/h3-9,22H,1-2H3. The maximum Gasteiger partial charge on any atom is 0.165 e. The number of rotatable bonds is 2. The number of nitrogens with zero attached hydrogens (tertiary/aromatic N) is 4. The Morgan fingerprint density at radius 3 is 2.55 bits per heavy atom. The van der Waals surface area contributed by atoms with Crippen LogP contribution >= 0.6 is 0 Å². The number of hydrogen-bond donors (Lipinski definition) is 1. The van der Waals surface area contributed by atoms with Gasteiger partial charge in [0.2, 0.25) is 0 Å². The zero-order valence-corrected chi connectivity index (χ0v) is 12.3. The molecular weight excluding hydrogens is 276 g/mol. The average Bonchev–Trinajstić information content (AvgIpc) is 2.53. The second kappa shape index (κ2) is 5.34. The molecule has 5 nitrogen and oxygen atoms in total. The third-order valence-corrected chi connectivity index (χ3v) is 3.37. The van der Waals surface area contributed by atoms with E-state index in [2.05, 4.69) is 16.0 Å². The smallest absolute Gasteiger partial charge is 0.165 e. The van der Waals surface area contributed by atoms with Gasteiger partial charge in [-0.2, -0.15) is 5.26 Å². The Labute approximate surface area is 128 Å². The molecular formula is C17H14N4O. The van der Waals surface area contributed by atoms with Gasteiger partial charge in [-0.1, -0.05) is 12.1 Å². The van der Waals surface area contributed by atoms with E-state index < -0.39 is 0 Å². The number of fused-ring (bicyclic) bond motifs is 1. The second-order valence-electron chi connectivity index (χ2n) is 5.13. The summed E-state index contributed by atoms with van der Waals surface area (Å²) in [5, 5.41) is 19.9. The fraction of sp³-hybridized carbons (Fsp3) is 0.118. The van der Waals surface area contributed by atoms with Crippen molar-refractivity contribution in [1.29, 1.82) is 5.26 Å². The number of benzene rings is 2. The van der Waals surface area contributed by atoms with Crippen LogP contribution in [0.2, 0.25) is 0 Å². The first kappa shape index (κ1) is 13.8. The number of aromatic hydroxyl groups is 1. The topological polar surface area (TPSA) is 73.0 Å². The van der Waals surface area contributed by atoms with E-state index >= 15 is 0 Å². The molecule has 0 aliphatic rings. The molecule has 3 aromatic rings. The summed E-state index contributed by atoms with van der Waals surface area (Å²) < 4.78 is 0. The molecule has 0 fully saturated rings. The summed E-state index contributed by atoms with van der Waals surface area (Å²) in [6.45, 7) is 0. The molecule has 0 aliphatic carbocycles. The van der Waals surface area contributed by atoms with Crippen molar-refractivity contribution in [3.05, 3.63) is 48.0 Å². The summed E-state index contributed by atoms with van der Waals surface area (Å²) in [4.78, 5) is 10.9. The lowest BCUT2D eigenvalue weighted by Gasteiger charge is -2.16. The van der Waals surface area contributed by atoms with E-state index in [1.807, 2.05) is 25.1 Å². The van der Waals surface area contributed by atoms with E-state index in [1.54, 1.807) is 36.4 Å². The first-order valence-electron chi connectivity index (χ1n) is 6.78. The van der Waals surface area contributed by atoms with Crippen LogP contribution in [0.15, 0.2) is 42.5 Å². The molecule has 108 valence electrons. The van der Waals surface area contributed by atoms with Crippen LogP contribution in [0.1, 0.15) is 5.56 Å². The zero-order chi connectivity index (χ0) is 15.7. The Kier molecular flexibility index (Phi) is 3.36. The number of hydrogen-bond acceptors (Lipinski definition) is 5. The SMILES string of the molecule is CN(C)c1nc(-c2ccccc2O)nc2ccc(C#N)cc12. The third-order valence-electron chi connectivity index (χ3n) is 3.37. The molecule has 0 saturated carbocycles. The molecule has 0 saturated heterocycles. The van der Waals surface area contributed by atoms with E-state index in [0.717, 1.165) is 10.9 Å². The highest BCUT2D eigenvalue weighted by molar-refractivity contribution is 5.92. The molecule has 0 radical (unpaired) electrons. The van der Waals surface area contributed by atoms with Gasteiger partial charge in [0.25, 0.3) is 0 Å². The Balaban J connectivity index is 2.31. The molecule has 1 N–H and O–H groups in total. The predicted molar refractivity (Wildman–Crippen MR) is 85.7 cm³/mol. The minimum absolute atomic E-state index is 0.139. The quantitative estimate of drug-likeness (QED) is 0.785. The van der Waals surface area contributed by atoms with Gasteiger partial charge in [-0.25, -0.2) is 9.97 Å². The largest absolute Gasteiger partial charge is 0.507 e. The third kappa shape index (κ3) is 2.31. The molecule has 22 heavy (non-hydrogen) atoms. The van der Waals surface area contributed by atoms with Crippen LogP contribution in [0.4, 0.5) is 5.82 Å². The Morgan fingerprint density at radius 2 is 1.86 bits per heavy atom. The van der Waals surface area contributed by atoms with Gasteiger partial charge in [-0.3, -0.25) is 0 Å². The van der Waals surface area contributed by atoms with Gasteiger partial charge >= 0.3 is 0 Å². The molecule has 0 bridgehead atoms. The van der Waals surface area contributed by atoms with Crippen molar-refractivity contribution >= 4 is 16.7 Å². The average molecular weight is 290 g/mol. The van der Waals surface area contributed by atoms with E-state index in [1.165, 1.54) is 0 Å². The van der Waals surface area contributed by atoms with Crippen molar-refractivity contribution in [2.75, 3.05) is 19.0 Å². The highest BCUT2D eigenvalue weighted by Gasteiger charge is 2.13. The summed E-state index contributed by atoms with van der Waals surface area (Å²) in [5.41, 5.74) is 1.88. The summed E-state index contributed by atoms with van der Waals surface area (Å²) in [7, 11) is 3.77. The van der Waals surface area contributed by atoms with Crippen molar-refractivity contribution in [3.63, 3.8) is 0 Å². The van der Waals surface area contributed by atoms with Crippen LogP contribution in [-0.2, 0) is 0 Å². The molecule has 1 aromatic heterocycles. The van der Waals surface area contributed by atoms with E-state index in [4.69, 9.17) is 5.26 Å². The first-order valence-corrected chi connectivity index (χ1v) is 6.78. The summed E-state index contributed by atoms with van der Waals surface area (Å²) in [6.07, 6.45) is 0. The van der Waals surface area contributed by atoms with Gasteiger partial charge < -0.3 is 10.0 Å². The molecule has 0 spiro atoms. The minimum Gasteiger partial charge on any atom is -0.507 e. The molecule has 0 atom stereocenters. The van der Waals surface area contributed by atoms with E-state index in [-0.39, 0.29) is 5.75 Å². The molecule has 0 unspecified atom stereocenters. The maximum absolute atomic E-state index is 10.0. The van der Waals surface area contributed by atoms with Crippen molar-refractivity contribution in [3.8, 4) is 23.2 Å². The van der Waals surface area contributed by atoms with Crippen molar-refractivity contribution < 1.29 is 5.11 Å². The van der Waals surface area contributed by atoms with Gasteiger partial charge in [0, 0.05) is 19.5 Å². The van der Waals surface area contributed by atoms with Crippen LogP contribution in [0.5, 0.6) is 5.75 Å². The predicted octanol–water partition coefficient (Wildman–Crippen LogP) is 2.94. The van der Waals surface area contributed by atoms with Crippen LogP contribution in [0.25, 0.3) is 22.3 Å².